The monoisotopic (exact) mass is 206 g/mol. The molecule has 15 heavy (non-hydrogen) atoms. The SMILES string of the molecule is Cc1cc(NCc2ncon2)nc(N)n1. The quantitative estimate of drug-likeness (QED) is 0.747. The summed E-state index contributed by atoms with van der Waals surface area (Å²) in [5.41, 5.74) is 6.30. The van der Waals surface area contributed by atoms with E-state index >= 15 is 0 Å². The molecule has 0 aliphatic carbocycles. The maximum absolute atomic E-state index is 5.50. The topological polar surface area (TPSA) is 103 Å². The fourth-order valence-electron chi connectivity index (χ4n) is 1.12. The molecule has 0 aliphatic heterocycles. The normalized spacial score (nSPS) is 10.2. The van der Waals surface area contributed by atoms with E-state index in [0.717, 1.165) is 5.69 Å². The largest absolute Gasteiger partial charge is 0.368 e. The second kappa shape index (κ2) is 3.91. The van der Waals surface area contributed by atoms with E-state index in [4.69, 9.17) is 5.73 Å². The van der Waals surface area contributed by atoms with Crippen molar-refractivity contribution < 1.29 is 4.52 Å². The van der Waals surface area contributed by atoms with Gasteiger partial charge in [-0.2, -0.15) is 9.97 Å². The second-order valence-electron chi connectivity index (χ2n) is 2.95. The van der Waals surface area contributed by atoms with Crippen molar-refractivity contribution in [2.75, 3.05) is 11.1 Å². The summed E-state index contributed by atoms with van der Waals surface area (Å²) >= 11 is 0. The van der Waals surface area contributed by atoms with Crippen molar-refractivity contribution in [3.8, 4) is 0 Å². The summed E-state index contributed by atoms with van der Waals surface area (Å²) in [6, 6.07) is 1.79. The molecule has 0 saturated heterocycles. The minimum atomic E-state index is 0.241. The molecular weight excluding hydrogens is 196 g/mol. The van der Waals surface area contributed by atoms with Crippen LogP contribution in [0.25, 0.3) is 0 Å². The molecule has 0 bridgehead atoms. The van der Waals surface area contributed by atoms with Crippen molar-refractivity contribution in [3.63, 3.8) is 0 Å². The van der Waals surface area contributed by atoms with Gasteiger partial charge < -0.3 is 15.6 Å². The van der Waals surface area contributed by atoms with Crippen LogP contribution in [0.3, 0.4) is 0 Å². The van der Waals surface area contributed by atoms with Gasteiger partial charge in [-0.3, -0.25) is 0 Å². The minimum absolute atomic E-state index is 0.241. The number of hydrogen-bond acceptors (Lipinski definition) is 7. The summed E-state index contributed by atoms with van der Waals surface area (Å²) in [5, 5.41) is 6.67. The third-order valence-electron chi connectivity index (χ3n) is 1.71. The lowest BCUT2D eigenvalue weighted by Gasteiger charge is -2.03. The molecule has 2 aromatic rings. The molecule has 0 aromatic carbocycles. The Balaban J connectivity index is 2.05. The van der Waals surface area contributed by atoms with Crippen LogP contribution in [0.15, 0.2) is 17.0 Å². The van der Waals surface area contributed by atoms with Crippen LogP contribution >= 0.6 is 0 Å². The van der Waals surface area contributed by atoms with Gasteiger partial charge in [-0.1, -0.05) is 5.16 Å². The number of nitrogens with one attached hydrogen (secondary N) is 1. The van der Waals surface area contributed by atoms with E-state index in [2.05, 4.69) is 29.9 Å². The zero-order valence-corrected chi connectivity index (χ0v) is 8.14. The first-order chi connectivity index (χ1) is 7.24. The highest BCUT2D eigenvalue weighted by atomic mass is 16.5. The average molecular weight is 206 g/mol. The third kappa shape index (κ3) is 2.39. The molecule has 0 spiro atoms. The fraction of sp³-hybridized carbons (Fsp3) is 0.250. The molecular formula is C8H10N6O. The molecule has 2 rings (SSSR count). The molecule has 0 aliphatic rings. The van der Waals surface area contributed by atoms with Crippen molar-refractivity contribution in [1.29, 1.82) is 0 Å². The predicted octanol–water partition coefficient (Wildman–Crippen LogP) is 0.362. The summed E-state index contributed by atoms with van der Waals surface area (Å²) in [7, 11) is 0. The van der Waals surface area contributed by atoms with E-state index in [9.17, 15) is 0 Å². The molecule has 0 unspecified atom stereocenters. The van der Waals surface area contributed by atoms with Crippen molar-refractivity contribution in [2.45, 2.75) is 13.5 Å². The van der Waals surface area contributed by atoms with Gasteiger partial charge in [0.1, 0.15) is 5.82 Å². The zero-order chi connectivity index (χ0) is 10.7. The minimum Gasteiger partial charge on any atom is -0.368 e. The van der Waals surface area contributed by atoms with Crippen molar-refractivity contribution in [2.24, 2.45) is 0 Å². The fourth-order valence-corrected chi connectivity index (χ4v) is 1.12. The van der Waals surface area contributed by atoms with Crippen molar-refractivity contribution in [1.82, 2.24) is 20.1 Å². The van der Waals surface area contributed by atoms with Crippen LogP contribution in [0.4, 0.5) is 11.8 Å². The van der Waals surface area contributed by atoms with Crippen LogP contribution in [0.2, 0.25) is 0 Å². The van der Waals surface area contributed by atoms with Gasteiger partial charge in [0, 0.05) is 11.8 Å². The summed E-state index contributed by atoms with van der Waals surface area (Å²) in [6.07, 6.45) is 1.27. The molecule has 2 aromatic heterocycles. The van der Waals surface area contributed by atoms with Crippen LogP contribution in [-0.4, -0.2) is 20.1 Å². The van der Waals surface area contributed by atoms with E-state index in [0.29, 0.717) is 18.2 Å². The Morgan fingerprint density at radius 2 is 2.33 bits per heavy atom. The van der Waals surface area contributed by atoms with E-state index in [1.165, 1.54) is 6.39 Å². The molecule has 3 N–H and O–H groups in total. The first-order valence-corrected chi connectivity index (χ1v) is 4.34. The maximum Gasteiger partial charge on any atom is 0.222 e. The molecule has 2 heterocycles. The summed E-state index contributed by atoms with van der Waals surface area (Å²) in [6.45, 7) is 2.28. The van der Waals surface area contributed by atoms with Gasteiger partial charge in [-0.25, -0.2) is 4.98 Å². The summed E-state index contributed by atoms with van der Waals surface area (Å²) < 4.78 is 4.59. The number of aromatic nitrogens is 4. The zero-order valence-electron chi connectivity index (χ0n) is 8.14. The third-order valence-corrected chi connectivity index (χ3v) is 1.71. The maximum atomic E-state index is 5.50. The van der Waals surface area contributed by atoms with E-state index in [1.807, 2.05) is 6.92 Å². The van der Waals surface area contributed by atoms with Crippen LogP contribution < -0.4 is 11.1 Å². The second-order valence-corrected chi connectivity index (χ2v) is 2.95. The Kier molecular flexibility index (Phi) is 2.44. The van der Waals surface area contributed by atoms with E-state index < -0.39 is 0 Å². The Morgan fingerprint density at radius 1 is 1.47 bits per heavy atom. The summed E-state index contributed by atoms with van der Waals surface area (Å²) in [5.74, 6) is 1.44. The molecule has 7 nitrogen and oxygen atoms in total. The predicted molar refractivity (Wildman–Crippen MR) is 52.8 cm³/mol. The highest BCUT2D eigenvalue weighted by Gasteiger charge is 2.01. The van der Waals surface area contributed by atoms with Gasteiger partial charge in [0.15, 0.2) is 5.82 Å². The van der Waals surface area contributed by atoms with E-state index in [1.54, 1.807) is 6.07 Å². The highest BCUT2D eigenvalue weighted by Crippen LogP contribution is 2.07. The molecule has 0 radical (unpaired) electrons. The number of nitrogens with two attached hydrogens (primary N) is 1. The Bertz CT molecular complexity index is 420. The lowest BCUT2D eigenvalue weighted by atomic mass is 10.4. The van der Waals surface area contributed by atoms with Crippen LogP contribution in [-0.2, 0) is 6.54 Å². The van der Waals surface area contributed by atoms with Gasteiger partial charge >= 0.3 is 0 Å². The van der Waals surface area contributed by atoms with Crippen LogP contribution in [0.1, 0.15) is 11.5 Å². The Labute approximate surface area is 85.7 Å². The Morgan fingerprint density at radius 3 is 3.00 bits per heavy atom. The Hall–Kier alpha value is -2.18. The van der Waals surface area contributed by atoms with Gasteiger partial charge in [0.05, 0.1) is 6.54 Å². The smallest absolute Gasteiger partial charge is 0.222 e. The standard InChI is InChI=1S/C8H10N6O/c1-5-2-6(13-8(9)12-5)10-3-7-11-4-15-14-7/h2,4H,3H2,1H3,(H3,9,10,12,13). The first kappa shape index (κ1) is 9.38. The molecule has 0 amide bonds. The number of aryl methyl sites for hydroxylation is 1. The number of hydrogen-bond donors (Lipinski definition) is 2. The lowest BCUT2D eigenvalue weighted by Crippen LogP contribution is -2.06. The van der Waals surface area contributed by atoms with Gasteiger partial charge in [-0.15, -0.1) is 0 Å². The summed E-state index contributed by atoms with van der Waals surface area (Å²) in [4.78, 5) is 11.8. The number of nitrogens with zero attached hydrogens (tertiary/aromatic N) is 4. The number of rotatable bonds is 3. The average Bonchev–Trinajstić information content (AvgIpc) is 2.65. The van der Waals surface area contributed by atoms with Crippen molar-refractivity contribution >= 4 is 11.8 Å². The number of nitrogen functional groups attached to an aromatic ring is 1. The van der Waals surface area contributed by atoms with Crippen LogP contribution in [0.5, 0.6) is 0 Å². The first-order valence-electron chi connectivity index (χ1n) is 4.34. The van der Waals surface area contributed by atoms with E-state index in [-0.39, 0.29) is 5.95 Å². The number of anilines is 2. The molecule has 0 fully saturated rings. The molecule has 0 saturated carbocycles. The molecule has 78 valence electrons. The highest BCUT2D eigenvalue weighted by molar-refractivity contribution is 5.40. The van der Waals surface area contributed by atoms with Gasteiger partial charge in [0.25, 0.3) is 0 Å². The van der Waals surface area contributed by atoms with Crippen LogP contribution in [0, 0.1) is 6.92 Å². The molecule has 7 heteroatoms. The molecule has 0 atom stereocenters. The van der Waals surface area contributed by atoms with Gasteiger partial charge in [0.2, 0.25) is 12.3 Å². The lowest BCUT2D eigenvalue weighted by molar-refractivity contribution is 0.411. The van der Waals surface area contributed by atoms with Crippen molar-refractivity contribution in [3.05, 3.63) is 24.0 Å². The van der Waals surface area contributed by atoms with Gasteiger partial charge in [-0.05, 0) is 6.92 Å².